The van der Waals surface area contributed by atoms with Crippen LogP contribution in [0.15, 0.2) is 6.07 Å². The number of hydrogen-bond acceptors (Lipinski definition) is 4. The fourth-order valence-electron chi connectivity index (χ4n) is 3.67. The van der Waals surface area contributed by atoms with Crippen LogP contribution >= 0.6 is 0 Å². The van der Waals surface area contributed by atoms with Gasteiger partial charge in [0.25, 0.3) is 0 Å². The first-order valence-corrected chi connectivity index (χ1v) is 8.18. The zero-order chi connectivity index (χ0) is 15.0. The fraction of sp³-hybridized carbons (Fsp3) is 0.765. The van der Waals surface area contributed by atoms with Gasteiger partial charge in [-0.25, -0.2) is 4.98 Å². The molecule has 2 aliphatic carbocycles. The Labute approximate surface area is 127 Å². The van der Waals surface area contributed by atoms with E-state index in [1.807, 2.05) is 13.1 Å². The zero-order valence-electron chi connectivity index (χ0n) is 13.6. The molecular weight excluding hydrogens is 262 g/mol. The molecule has 1 aromatic heterocycles. The van der Waals surface area contributed by atoms with Gasteiger partial charge in [0.15, 0.2) is 0 Å². The molecule has 1 N–H and O–H groups in total. The van der Waals surface area contributed by atoms with Gasteiger partial charge in [-0.05, 0) is 43.4 Å². The molecule has 2 atom stereocenters. The number of nitrogens with one attached hydrogen (secondary N) is 1. The van der Waals surface area contributed by atoms with Gasteiger partial charge in [0.1, 0.15) is 17.7 Å². The van der Waals surface area contributed by atoms with E-state index in [0.717, 1.165) is 30.4 Å². The maximum Gasteiger partial charge on any atom is 0.219 e. The van der Waals surface area contributed by atoms with Crippen molar-refractivity contribution in [2.75, 3.05) is 12.4 Å². The van der Waals surface area contributed by atoms with Crippen molar-refractivity contribution in [3.63, 3.8) is 0 Å². The molecule has 2 fully saturated rings. The van der Waals surface area contributed by atoms with Gasteiger partial charge in [0.2, 0.25) is 5.88 Å². The third kappa shape index (κ3) is 3.66. The molecule has 1 aromatic rings. The quantitative estimate of drug-likeness (QED) is 0.910. The summed E-state index contributed by atoms with van der Waals surface area (Å²) in [6, 6.07) is 1.93. The molecule has 0 aromatic carbocycles. The summed E-state index contributed by atoms with van der Waals surface area (Å²) in [7, 11) is 1.90. The van der Waals surface area contributed by atoms with Gasteiger partial charge in [-0.3, -0.25) is 0 Å². The minimum atomic E-state index is 0.274. The topological polar surface area (TPSA) is 47.0 Å². The van der Waals surface area contributed by atoms with E-state index in [9.17, 15) is 0 Å². The van der Waals surface area contributed by atoms with Crippen LogP contribution in [-0.2, 0) is 0 Å². The predicted octanol–water partition coefficient (Wildman–Crippen LogP) is 3.99. The van der Waals surface area contributed by atoms with E-state index in [1.165, 1.54) is 19.3 Å². The highest BCUT2D eigenvalue weighted by molar-refractivity contribution is 5.38. The molecule has 3 rings (SSSR count). The van der Waals surface area contributed by atoms with E-state index in [0.29, 0.717) is 17.3 Å². The van der Waals surface area contributed by atoms with Crippen LogP contribution in [0.3, 0.4) is 0 Å². The summed E-state index contributed by atoms with van der Waals surface area (Å²) in [6.45, 7) is 7.01. The average Bonchev–Trinajstić information content (AvgIpc) is 3.19. The van der Waals surface area contributed by atoms with Crippen molar-refractivity contribution in [1.29, 1.82) is 0 Å². The summed E-state index contributed by atoms with van der Waals surface area (Å²) in [6.07, 6.45) is 6.21. The van der Waals surface area contributed by atoms with Crippen LogP contribution < -0.4 is 10.1 Å². The summed E-state index contributed by atoms with van der Waals surface area (Å²) in [5, 5.41) is 3.12. The Hall–Kier alpha value is -1.32. The molecule has 0 bridgehead atoms. The summed E-state index contributed by atoms with van der Waals surface area (Å²) in [5.41, 5.74) is 0.362. The van der Waals surface area contributed by atoms with Gasteiger partial charge in [-0.2, -0.15) is 4.98 Å². The molecular formula is C17H27N3O. The standard InChI is InChI=1S/C17H27N3O/c1-11-7-13(10-17(2,3)9-11)21-15-8-14(18-4)19-16(20-15)12-5-6-12/h8,11-13H,5-7,9-10H2,1-4H3,(H,18,19,20). The summed E-state index contributed by atoms with van der Waals surface area (Å²) < 4.78 is 6.23. The average molecular weight is 289 g/mol. The molecule has 2 saturated carbocycles. The zero-order valence-corrected chi connectivity index (χ0v) is 13.6. The van der Waals surface area contributed by atoms with E-state index >= 15 is 0 Å². The van der Waals surface area contributed by atoms with Crippen LogP contribution in [0.25, 0.3) is 0 Å². The summed E-state index contributed by atoms with van der Waals surface area (Å²) in [5.74, 6) is 3.81. The number of hydrogen-bond donors (Lipinski definition) is 1. The fourth-order valence-corrected chi connectivity index (χ4v) is 3.67. The van der Waals surface area contributed by atoms with E-state index in [2.05, 4.69) is 36.1 Å². The Morgan fingerprint density at radius 1 is 1.24 bits per heavy atom. The maximum atomic E-state index is 6.23. The van der Waals surface area contributed by atoms with Crippen molar-refractivity contribution in [1.82, 2.24) is 9.97 Å². The van der Waals surface area contributed by atoms with Gasteiger partial charge in [-0.1, -0.05) is 20.8 Å². The van der Waals surface area contributed by atoms with Gasteiger partial charge in [0.05, 0.1) is 0 Å². The molecule has 4 heteroatoms. The van der Waals surface area contributed by atoms with Crippen molar-refractivity contribution in [3.8, 4) is 5.88 Å². The van der Waals surface area contributed by atoms with Crippen LogP contribution in [0.1, 0.15) is 64.6 Å². The lowest BCUT2D eigenvalue weighted by Gasteiger charge is -2.38. The third-order valence-electron chi connectivity index (χ3n) is 4.55. The summed E-state index contributed by atoms with van der Waals surface area (Å²) >= 11 is 0. The van der Waals surface area contributed by atoms with Crippen molar-refractivity contribution < 1.29 is 4.74 Å². The van der Waals surface area contributed by atoms with Gasteiger partial charge in [-0.15, -0.1) is 0 Å². The molecule has 0 spiro atoms. The largest absolute Gasteiger partial charge is 0.474 e. The Morgan fingerprint density at radius 2 is 2.00 bits per heavy atom. The summed E-state index contributed by atoms with van der Waals surface area (Å²) in [4.78, 5) is 9.19. The number of nitrogens with zero attached hydrogens (tertiary/aromatic N) is 2. The minimum absolute atomic E-state index is 0.274. The van der Waals surface area contributed by atoms with Crippen molar-refractivity contribution in [2.45, 2.75) is 64.9 Å². The Kier molecular flexibility index (Phi) is 3.80. The molecule has 2 unspecified atom stereocenters. The number of anilines is 1. The lowest BCUT2D eigenvalue weighted by Crippen LogP contribution is -2.34. The molecule has 2 aliphatic rings. The maximum absolute atomic E-state index is 6.23. The first-order chi connectivity index (χ1) is 9.95. The lowest BCUT2D eigenvalue weighted by molar-refractivity contribution is 0.0531. The van der Waals surface area contributed by atoms with Crippen LogP contribution in [0.2, 0.25) is 0 Å². The normalized spacial score (nSPS) is 28.2. The highest BCUT2D eigenvalue weighted by atomic mass is 16.5. The Balaban J connectivity index is 1.75. The first-order valence-electron chi connectivity index (χ1n) is 8.18. The molecule has 116 valence electrons. The van der Waals surface area contributed by atoms with E-state index in [1.54, 1.807) is 0 Å². The third-order valence-corrected chi connectivity index (χ3v) is 4.55. The molecule has 0 saturated heterocycles. The second-order valence-corrected chi connectivity index (χ2v) is 7.63. The molecule has 21 heavy (non-hydrogen) atoms. The van der Waals surface area contributed by atoms with Crippen LogP contribution in [-0.4, -0.2) is 23.1 Å². The van der Waals surface area contributed by atoms with Gasteiger partial charge in [0, 0.05) is 19.0 Å². The van der Waals surface area contributed by atoms with E-state index in [-0.39, 0.29) is 6.10 Å². The Morgan fingerprint density at radius 3 is 2.62 bits per heavy atom. The molecule has 0 aliphatic heterocycles. The minimum Gasteiger partial charge on any atom is -0.474 e. The molecule has 1 heterocycles. The smallest absolute Gasteiger partial charge is 0.219 e. The van der Waals surface area contributed by atoms with Crippen LogP contribution in [0.5, 0.6) is 5.88 Å². The second kappa shape index (κ2) is 5.47. The van der Waals surface area contributed by atoms with Crippen LogP contribution in [0.4, 0.5) is 5.82 Å². The van der Waals surface area contributed by atoms with E-state index < -0.39 is 0 Å². The lowest BCUT2D eigenvalue weighted by atomic mass is 9.71. The van der Waals surface area contributed by atoms with Crippen LogP contribution in [0, 0.1) is 11.3 Å². The Bertz CT molecular complexity index is 511. The second-order valence-electron chi connectivity index (χ2n) is 7.63. The highest BCUT2D eigenvalue weighted by Crippen LogP contribution is 2.41. The van der Waals surface area contributed by atoms with Crippen molar-refractivity contribution >= 4 is 5.82 Å². The SMILES string of the molecule is CNc1cc(OC2CC(C)CC(C)(C)C2)nc(C2CC2)n1. The monoisotopic (exact) mass is 289 g/mol. The molecule has 0 amide bonds. The number of rotatable bonds is 4. The molecule has 0 radical (unpaired) electrons. The van der Waals surface area contributed by atoms with Gasteiger partial charge < -0.3 is 10.1 Å². The number of ether oxygens (including phenoxy) is 1. The first kappa shape index (κ1) is 14.6. The van der Waals surface area contributed by atoms with E-state index in [4.69, 9.17) is 4.74 Å². The highest BCUT2D eigenvalue weighted by Gasteiger charge is 2.34. The van der Waals surface area contributed by atoms with Crippen molar-refractivity contribution in [2.24, 2.45) is 11.3 Å². The molecule has 4 nitrogen and oxygen atoms in total. The predicted molar refractivity (Wildman–Crippen MR) is 84.8 cm³/mol. The van der Waals surface area contributed by atoms with Crippen molar-refractivity contribution in [3.05, 3.63) is 11.9 Å². The number of aromatic nitrogens is 2. The van der Waals surface area contributed by atoms with Gasteiger partial charge >= 0.3 is 0 Å².